The Hall–Kier alpha value is -3.27. The summed E-state index contributed by atoms with van der Waals surface area (Å²) in [5.41, 5.74) is 4.40. The average molecular weight is 375 g/mol. The van der Waals surface area contributed by atoms with E-state index in [1.54, 1.807) is 6.07 Å². The standard InChI is InChI=1S/C24H25NO3/c1-4-27-23-14-11-19(24(26)25-22-8-6-5-7-18(22)3)15-20(23)16-28-21-12-9-17(2)10-13-21/h5-15H,4,16H2,1-3H3,(H,25,26). The number of carbonyl (C=O) groups is 1. The van der Waals surface area contributed by atoms with Crippen molar-refractivity contribution in [3.05, 3.63) is 89.0 Å². The van der Waals surface area contributed by atoms with E-state index in [4.69, 9.17) is 9.47 Å². The predicted octanol–water partition coefficient (Wildman–Crippen LogP) is 5.53. The lowest BCUT2D eigenvalue weighted by atomic mass is 10.1. The van der Waals surface area contributed by atoms with Gasteiger partial charge in [-0.2, -0.15) is 0 Å². The van der Waals surface area contributed by atoms with Gasteiger partial charge in [-0.3, -0.25) is 4.79 Å². The van der Waals surface area contributed by atoms with E-state index in [1.165, 1.54) is 5.56 Å². The summed E-state index contributed by atoms with van der Waals surface area (Å²) in [7, 11) is 0. The van der Waals surface area contributed by atoms with Crippen LogP contribution in [0, 0.1) is 13.8 Å². The zero-order chi connectivity index (χ0) is 19.9. The van der Waals surface area contributed by atoms with E-state index in [-0.39, 0.29) is 5.91 Å². The Morgan fingerprint density at radius 3 is 2.39 bits per heavy atom. The Morgan fingerprint density at radius 2 is 1.68 bits per heavy atom. The van der Waals surface area contributed by atoms with Crippen molar-refractivity contribution in [3.63, 3.8) is 0 Å². The van der Waals surface area contributed by atoms with Crippen LogP contribution in [-0.4, -0.2) is 12.5 Å². The van der Waals surface area contributed by atoms with Gasteiger partial charge in [0, 0.05) is 16.8 Å². The second-order valence-corrected chi connectivity index (χ2v) is 6.63. The number of anilines is 1. The molecule has 0 spiro atoms. The third-order valence-electron chi connectivity index (χ3n) is 4.43. The van der Waals surface area contributed by atoms with Crippen LogP contribution in [0.5, 0.6) is 11.5 Å². The summed E-state index contributed by atoms with van der Waals surface area (Å²) < 4.78 is 11.6. The summed E-state index contributed by atoms with van der Waals surface area (Å²) in [6, 6.07) is 21.0. The highest BCUT2D eigenvalue weighted by atomic mass is 16.5. The Bertz CT molecular complexity index is 948. The van der Waals surface area contributed by atoms with E-state index in [0.29, 0.717) is 18.8 Å². The van der Waals surface area contributed by atoms with Crippen LogP contribution in [0.3, 0.4) is 0 Å². The molecule has 0 heterocycles. The lowest BCUT2D eigenvalue weighted by Crippen LogP contribution is -2.13. The number of aryl methyl sites for hydroxylation is 2. The fourth-order valence-corrected chi connectivity index (χ4v) is 2.83. The Morgan fingerprint density at radius 1 is 0.929 bits per heavy atom. The molecule has 0 atom stereocenters. The lowest BCUT2D eigenvalue weighted by molar-refractivity contribution is 0.102. The zero-order valence-corrected chi connectivity index (χ0v) is 16.5. The summed E-state index contributed by atoms with van der Waals surface area (Å²) >= 11 is 0. The molecular formula is C24H25NO3. The van der Waals surface area contributed by atoms with Gasteiger partial charge in [-0.1, -0.05) is 35.9 Å². The van der Waals surface area contributed by atoms with Crippen molar-refractivity contribution in [2.45, 2.75) is 27.4 Å². The van der Waals surface area contributed by atoms with Crippen LogP contribution in [0.1, 0.15) is 34.0 Å². The first-order valence-electron chi connectivity index (χ1n) is 9.39. The molecule has 0 aliphatic rings. The monoisotopic (exact) mass is 375 g/mol. The first-order valence-corrected chi connectivity index (χ1v) is 9.39. The maximum Gasteiger partial charge on any atom is 0.255 e. The normalized spacial score (nSPS) is 10.4. The minimum Gasteiger partial charge on any atom is -0.493 e. The molecule has 3 rings (SSSR count). The number of ether oxygens (including phenoxy) is 2. The van der Waals surface area contributed by atoms with Crippen LogP contribution in [0.25, 0.3) is 0 Å². The van der Waals surface area contributed by atoms with Gasteiger partial charge in [0.25, 0.3) is 5.91 Å². The minimum absolute atomic E-state index is 0.158. The Balaban J connectivity index is 1.79. The molecule has 0 radical (unpaired) electrons. The third-order valence-corrected chi connectivity index (χ3v) is 4.43. The molecule has 0 aliphatic carbocycles. The van der Waals surface area contributed by atoms with Crippen molar-refractivity contribution in [2.24, 2.45) is 0 Å². The molecule has 0 bridgehead atoms. The van der Waals surface area contributed by atoms with Gasteiger partial charge >= 0.3 is 0 Å². The number of benzene rings is 3. The lowest BCUT2D eigenvalue weighted by Gasteiger charge is -2.14. The molecular weight excluding hydrogens is 350 g/mol. The third kappa shape index (κ3) is 4.92. The molecule has 0 saturated heterocycles. The number of amides is 1. The first-order chi connectivity index (χ1) is 13.6. The fourth-order valence-electron chi connectivity index (χ4n) is 2.83. The van der Waals surface area contributed by atoms with E-state index in [0.717, 1.165) is 28.3 Å². The largest absolute Gasteiger partial charge is 0.493 e. The molecule has 0 aliphatic heterocycles. The Labute approximate surface area is 166 Å². The zero-order valence-electron chi connectivity index (χ0n) is 16.5. The van der Waals surface area contributed by atoms with Gasteiger partial charge in [0.2, 0.25) is 0 Å². The van der Waals surface area contributed by atoms with Crippen LogP contribution in [0.15, 0.2) is 66.7 Å². The van der Waals surface area contributed by atoms with E-state index < -0.39 is 0 Å². The van der Waals surface area contributed by atoms with E-state index >= 15 is 0 Å². The van der Waals surface area contributed by atoms with E-state index in [1.807, 2.05) is 81.4 Å². The van der Waals surface area contributed by atoms with E-state index in [9.17, 15) is 4.79 Å². The molecule has 4 nitrogen and oxygen atoms in total. The van der Waals surface area contributed by atoms with Gasteiger partial charge < -0.3 is 14.8 Å². The summed E-state index contributed by atoms with van der Waals surface area (Å²) in [4.78, 5) is 12.7. The van der Waals surface area contributed by atoms with Crippen LogP contribution in [0.4, 0.5) is 5.69 Å². The van der Waals surface area contributed by atoms with Crippen LogP contribution < -0.4 is 14.8 Å². The van der Waals surface area contributed by atoms with Crippen molar-refractivity contribution < 1.29 is 14.3 Å². The van der Waals surface area contributed by atoms with Gasteiger partial charge in [0.15, 0.2) is 0 Å². The van der Waals surface area contributed by atoms with Gasteiger partial charge in [0.05, 0.1) is 6.61 Å². The average Bonchev–Trinajstić information content (AvgIpc) is 2.70. The highest BCUT2D eigenvalue weighted by Crippen LogP contribution is 2.24. The summed E-state index contributed by atoms with van der Waals surface area (Å²) in [6.07, 6.45) is 0. The van der Waals surface area contributed by atoms with Crippen LogP contribution in [0.2, 0.25) is 0 Å². The SMILES string of the molecule is CCOc1ccc(C(=O)Nc2ccccc2C)cc1COc1ccc(C)cc1. The van der Waals surface area contributed by atoms with Crippen molar-refractivity contribution in [1.29, 1.82) is 0 Å². The smallest absolute Gasteiger partial charge is 0.255 e. The number of para-hydroxylation sites is 1. The number of rotatable bonds is 7. The molecule has 0 fully saturated rings. The van der Waals surface area contributed by atoms with Crippen LogP contribution >= 0.6 is 0 Å². The van der Waals surface area contributed by atoms with Crippen molar-refractivity contribution in [2.75, 3.05) is 11.9 Å². The van der Waals surface area contributed by atoms with Gasteiger partial charge in [-0.15, -0.1) is 0 Å². The van der Waals surface area contributed by atoms with Gasteiger partial charge in [0.1, 0.15) is 18.1 Å². The molecule has 144 valence electrons. The molecule has 4 heteroatoms. The quantitative estimate of drug-likeness (QED) is 0.590. The summed E-state index contributed by atoms with van der Waals surface area (Å²) in [5, 5.41) is 2.96. The maximum atomic E-state index is 12.7. The summed E-state index contributed by atoms with van der Waals surface area (Å²) in [6.45, 7) is 6.81. The molecule has 3 aromatic rings. The predicted molar refractivity (Wildman–Crippen MR) is 112 cm³/mol. The van der Waals surface area contributed by atoms with Gasteiger partial charge in [-0.05, 0) is 62.7 Å². The van der Waals surface area contributed by atoms with Crippen molar-refractivity contribution >= 4 is 11.6 Å². The first kappa shape index (κ1) is 19.5. The molecule has 0 saturated carbocycles. The molecule has 3 aromatic carbocycles. The highest BCUT2D eigenvalue weighted by Gasteiger charge is 2.12. The number of carbonyl (C=O) groups excluding carboxylic acids is 1. The van der Waals surface area contributed by atoms with Crippen LogP contribution in [-0.2, 0) is 6.61 Å². The molecule has 0 unspecified atom stereocenters. The second kappa shape index (κ2) is 9.09. The molecule has 1 N–H and O–H groups in total. The molecule has 28 heavy (non-hydrogen) atoms. The topological polar surface area (TPSA) is 47.6 Å². The molecule has 0 aromatic heterocycles. The summed E-state index contributed by atoms with van der Waals surface area (Å²) in [5.74, 6) is 1.35. The molecule has 1 amide bonds. The maximum absolute atomic E-state index is 12.7. The number of nitrogens with one attached hydrogen (secondary N) is 1. The second-order valence-electron chi connectivity index (χ2n) is 6.63. The van der Waals surface area contributed by atoms with E-state index in [2.05, 4.69) is 5.32 Å². The van der Waals surface area contributed by atoms with Crippen molar-refractivity contribution in [3.8, 4) is 11.5 Å². The van der Waals surface area contributed by atoms with Crippen molar-refractivity contribution in [1.82, 2.24) is 0 Å². The Kier molecular flexibility index (Phi) is 6.33. The number of hydrogen-bond donors (Lipinski definition) is 1. The highest BCUT2D eigenvalue weighted by molar-refractivity contribution is 6.04. The fraction of sp³-hybridized carbons (Fsp3) is 0.208. The minimum atomic E-state index is -0.158. The van der Waals surface area contributed by atoms with Gasteiger partial charge in [-0.25, -0.2) is 0 Å². The number of hydrogen-bond acceptors (Lipinski definition) is 3.